The van der Waals surface area contributed by atoms with E-state index < -0.39 is 5.41 Å². The number of hydrogen-bond donors (Lipinski definition) is 0. The van der Waals surface area contributed by atoms with Gasteiger partial charge in [-0.3, -0.25) is 0 Å². The first-order chi connectivity index (χ1) is 19.7. The first-order valence-electron chi connectivity index (χ1n) is 13.4. The Hall–Kier alpha value is -3.50. The molecular formula is C37H20Br2S. The summed E-state index contributed by atoms with van der Waals surface area (Å²) in [7, 11) is 0. The topological polar surface area (TPSA) is 0 Å². The van der Waals surface area contributed by atoms with Crippen molar-refractivity contribution in [3.8, 4) is 33.4 Å². The second kappa shape index (κ2) is 8.27. The predicted octanol–water partition coefficient (Wildman–Crippen LogP) is 11.6. The Morgan fingerprint density at radius 3 is 1.75 bits per heavy atom. The minimum atomic E-state index is -0.486. The molecule has 0 bridgehead atoms. The van der Waals surface area contributed by atoms with Crippen molar-refractivity contribution < 1.29 is 0 Å². The summed E-state index contributed by atoms with van der Waals surface area (Å²) in [4.78, 5) is 0. The summed E-state index contributed by atoms with van der Waals surface area (Å²) in [6, 6.07) is 45.4. The fraction of sp³-hybridized carbons (Fsp3) is 0.0270. The Labute approximate surface area is 253 Å². The third kappa shape index (κ3) is 2.85. The van der Waals surface area contributed by atoms with E-state index in [2.05, 4.69) is 153 Å². The van der Waals surface area contributed by atoms with Crippen LogP contribution < -0.4 is 0 Å². The number of thiophene rings is 1. The summed E-state index contributed by atoms with van der Waals surface area (Å²) >= 11 is 9.65. The molecule has 1 aromatic heterocycles. The van der Waals surface area contributed by atoms with Gasteiger partial charge in [-0.25, -0.2) is 0 Å². The normalized spacial score (nSPS) is 13.9. The fourth-order valence-electron chi connectivity index (χ4n) is 7.38. The SMILES string of the molecule is Brc1ccc2c(c1)C1(c3cc(Br)ccc3-c3ccccc3-2)c2ccccc2-c2c1ccc1sc3ccccc3c21. The zero-order valence-electron chi connectivity index (χ0n) is 21.2. The van der Waals surface area contributed by atoms with Crippen LogP contribution in [0.15, 0.2) is 130 Å². The van der Waals surface area contributed by atoms with Crippen LogP contribution >= 0.6 is 43.2 Å². The summed E-state index contributed by atoms with van der Waals surface area (Å²) in [5.74, 6) is 0. The molecule has 0 saturated carbocycles. The van der Waals surface area contributed by atoms with E-state index in [0.717, 1.165) is 8.95 Å². The van der Waals surface area contributed by atoms with Gasteiger partial charge in [0.05, 0.1) is 5.41 Å². The monoisotopic (exact) mass is 654 g/mol. The molecule has 0 radical (unpaired) electrons. The summed E-state index contributed by atoms with van der Waals surface area (Å²) in [5.41, 5.74) is 12.7. The molecule has 0 N–H and O–H groups in total. The van der Waals surface area contributed by atoms with Crippen LogP contribution in [-0.4, -0.2) is 0 Å². The molecule has 7 aromatic rings. The first-order valence-corrected chi connectivity index (χ1v) is 15.8. The fourth-order valence-corrected chi connectivity index (χ4v) is 9.22. The molecule has 0 nitrogen and oxygen atoms in total. The lowest BCUT2D eigenvalue weighted by Crippen LogP contribution is -2.29. The third-order valence-electron chi connectivity index (χ3n) is 8.83. The molecule has 1 heterocycles. The number of benzene rings is 6. The zero-order chi connectivity index (χ0) is 26.6. The van der Waals surface area contributed by atoms with Crippen LogP contribution in [0.2, 0.25) is 0 Å². The smallest absolute Gasteiger partial charge is 0.0726 e. The summed E-state index contributed by atoms with van der Waals surface area (Å²) in [5, 5.41) is 2.71. The highest BCUT2D eigenvalue weighted by Gasteiger charge is 2.50. The van der Waals surface area contributed by atoms with Crippen molar-refractivity contribution in [2.45, 2.75) is 5.41 Å². The Morgan fingerprint density at radius 2 is 1.05 bits per heavy atom. The number of hydrogen-bond acceptors (Lipinski definition) is 1. The molecule has 0 aliphatic heterocycles. The molecule has 0 saturated heterocycles. The molecule has 2 aliphatic rings. The summed E-state index contributed by atoms with van der Waals surface area (Å²) in [6.45, 7) is 0. The molecule has 0 amide bonds. The van der Waals surface area contributed by atoms with Crippen molar-refractivity contribution in [1.82, 2.24) is 0 Å². The first kappa shape index (κ1) is 23.2. The van der Waals surface area contributed by atoms with Gasteiger partial charge in [0.2, 0.25) is 0 Å². The lowest BCUT2D eigenvalue weighted by Gasteiger charge is -2.35. The van der Waals surface area contributed by atoms with E-state index in [1.807, 2.05) is 11.3 Å². The van der Waals surface area contributed by atoms with Crippen molar-refractivity contribution in [1.29, 1.82) is 0 Å². The van der Waals surface area contributed by atoms with E-state index >= 15 is 0 Å². The van der Waals surface area contributed by atoms with Gasteiger partial charge in [0.25, 0.3) is 0 Å². The molecule has 9 rings (SSSR count). The highest BCUT2D eigenvalue weighted by Crippen LogP contribution is 2.63. The van der Waals surface area contributed by atoms with E-state index in [1.165, 1.54) is 75.8 Å². The Balaban J connectivity index is 1.58. The van der Waals surface area contributed by atoms with Gasteiger partial charge in [-0.1, -0.05) is 117 Å². The van der Waals surface area contributed by atoms with Crippen molar-refractivity contribution >= 4 is 63.4 Å². The Morgan fingerprint density at radius 1 is 0.450 bits per heavy atom. The van der Waals surface area contributed by atoms with Crippen molar-refractivity contribution in [2.24, 2.45) is 0 Å². The number of rotatable bonds is 0. The Bertz CT molecular complexity index is 2130. The highest BCUT2D eigenvalue weighted by molar-refractivity contribution is 9.10. The molecule has 40 heavy (non-hydrogen) atoms. The van der Waals surface area contributed by atoms with Gasteiger partial charge >= 0.3 is 0 Å². The second-order valence-electron chi connectivity index (χ2n) is 10.7. The van der Waals surface area contributed by atoms with Crippen LogP contribution in [0.5, 0.6) is 0 Å². The minimum absolute atomic E-state index is 0.486. The van der Waals surface area contributed by atoms with Gasteiger partial charge in [-0.15, -0.1) is 11.3 Å². The predicted molar refractivity (Wildman–Crippen MR) is 176 cm³/mol. The van der Waals surface area contributed by atoms with E-state index in [4.69, 9.17) is 0 Å². The summed E-state index contributed by atoms with van der Waals surface area (Å²) < 4.78 is 4.86. The van der Waals surface area contributed by atoms with Gasteiger partial charge < -0.3 is 0 Å². The molecule has 1 spiro atoms. The molecule has 3 heteroatoms. The maximum absolute atomic E-state index is 3.88. The average Bonchev–Trinajstić information content (AvgIpc) is 3.48. The van der Waals surface area contributed by atoms with Crippen molar-refractivity contribution in [2.75, 3.05) is 0 Å². The molecule has 0 fully saturated rings. The van der Waals surface area contributed by atoms with Crippen LogP contribution in [0.1, 0.15) is 22.3 Å². The second-order valence-corrected chi connectivity index (χ2v) is 13.6. The largest absolute Gasteiger partial charge is 0.135 e. The molecular weight excluding hydrogens is 636 g/mol. The zero-order valence-corrected chi connectivity index (χ0v) is 25.2. The standard InChI is InChI=1S/C37H20Br2S/c38-21-13-15-25-23-7-1-2-8-24(23)26-16-14-22(39)20-32(26)37(31(25)19-21)29-11-5-3-9-27(29)35-30(37)17-18-34-36(35)28-10-4-6-12-33(28)40-34/h1-20H. The number of fused-ring (bicyclic) bond motifs is 16. The van der Waals surface area contributed by atoms with Crippen LogP contribution in [0.4, 0.5) is 0 Å². The molecule has 188 valence electrons. The van der Waals surface area contributed by atoms with Crippen LogP contribution in [0.3, 0.4) is 0 Å². The van der Waals surface area contributed by atoms with Gasteiger partial charge in [0.1, 0.15) is 0 Å². The van der Waals surface area contributed by atoms with Gasteiger partial charge in [-0.2, -0.15) is 0 Å². The lowest BCUT2D eigenvalue weighted by atomic mass is 9.66. The van der Waals surface area contributed by atoms with Crippen LogP contribution in [-0.2, 0) is 5.41 Å². The molecule has 0 unspecified atom stereocenters. The van der Waals surface area contributed by atoms with Crippen LogP contribution in [0, 0.1) is 0 Å². The molecule has 2 aliphatic carbocycles. The highest BCUT2D eigenvalue weighted by atomic mass is 79.9. The molecule has 0 atom stereocenters. The van der Waals surface area contributed by atoms with E-state index in [9.17, 15) is 0 Å². The quantitative estimate of drug-likeness (QED) is 0.152. The minimum Gasteiger partial charge on any atom is -0.135 e. The van der Waals surface area contributed by atoms with E-state index in [-0.39, 0.29) is 0 Å². The lowest BCUT2D eigenvalue weighted by molar-refractivity contribution is 0.774. The molecule has 6 aromatic carbocycles. The van der Waals surface area contributed by atoms with Crippen molar-refractivity contribution in [3.63, 3.8) is 0 Å². The van der Waals surface area contributed by atoms with Crippen LogP contribution in [0.25, 0.3) is 53.6 Å². The maximum atomic E-state index is 3.88. The van der Waals surface area contributed by atoms with Gasteiger partial charge in [0, 0.05) is 29.1 Å². The maximum Gasteiger partial charge on any atom is 0.0726 e. The van der Waals surface area contributed by atoms with Gasteiger partial charge in [0.15, 0.2) is 0 Å². The van der Waals surface area contributed by atoms with Gasteiger partial charge in [-0.05, 0) is 92.0 Å². The third-order valence-corrected chi connectivity index (χ3v) is 10.9. The van der Waals surface area contributed by atoms with E-state index in [1.54, 1.807) is 0 Å². The van der Waals surface area contributed by atoms with Crippen molar-refractivity contribution in [3.05, 3.63) is 153 Å². The number of halogens is 2. The average molecular weight is 656 g/mol. The summed E-state index contributed by atoms with van der Waals surface area (Å²) in [6.07, 6.45) is 0. The van der Waals surface area contributed by atoms with E-state index in [0.29, 0.717) is 0 Å². The Kier molecular flexibility index (Phi) is 4.80.